The second-order valence-electron chi connectivity index (χ2n) is 6.21. The van der Waals surface area contributed by atoms with Crippen LogP contribution in [0.4, 0.5) is 0 Å². The zero-order valence-corrected chi connectivity index (χ0v) is 16.7. The molecule has 1 heterocycles. The number of thioether (sulfide) groups is 1. The van der Waals surface area contributed by atoms with Gasteiger partial charge >= 0.3 is 0 Å². The highest BCUT2D eigenvalue weighted by Crippen LogP contribution is 2.23. The van der Waals surface area contributed by atoms with Crippen molar-refractivity contribution in [3.05, 3.63) is 58.4 Å². The van der Waals surface area contributed by atoms with Crippen molar-refractivity contribution in [2.24, 2.45) is 4.99 Å². The van der Waals surface area contributed by atoms with Crippen LogP contribution in [0.5, 0.6) is 0 Å². The van der Waals surface area contributed by atoms with E-state index in [9.17, 15) is 4.79 Å². The molecule has 1 amide bonds. The minimum absolute atomic E-state index is 0.248. The van der Waals surface area contributed by atoms with Crippen LogP contribution in [0.25, 0.3) is 10.2 Å². The van der Waals surface area contributed by atoms with E-state index in [1.54, 1.807) is 17.8 Å². The lowest BCUT2D eigenvalue weighted by Crippen LogP contribution is -2.16. The van der Waals surface area contributed by atoms with Gasteiger partial charge in [-0.15, -0.1) is 18.2 Å². The Morgan fingerprint density at radius 1 is 1.31 bits per heavy atom. The van der Waals surface area contributed by atoms with E-state index < -0.39 is 0 Å². The largest absolute Gasteiger partial charge is 0.305 e. The van der Waals surface area contributed by atoms with E-state index in [1.165, 1.54) is 16.9 Å². The van der Waals surface area contributed by atoms with Crippen molar-refractivity contribution in [3.8, 4) is 12.3 Å². The van der Waals surface area contributed by atoms with E-state index in [0.29, 0.717) is 22.8 Å². The summed E-state index contributed by atoms with van der Waals surface area (Å²) in [6.45, 7) is 4.72. The maximum absolute atomic E-state index is 12.7. The Morgan fingerprint density at radius 2 is 2.12 bits per heavy atom. The van der Waals surface area contributed by atoms with Crippen LogP contribution in [-0.2, 0) is 6.54 Å². The number of hydrogen-bond donors (Lipinski definition) is 0. The fraction of sp³-hybridized carbons (Fsp3) is 0.238. The molecule has 0 radical (unpaired) electrons. The van der Waals surface area contributed by atoms with E-state index >= 15 is 0 Å². The van der Waals surface area contributed by atoms with Gasteiger partial charge in [-0.25, -0.2) is 0 Å². The summed E-state index contributed by atoms with van der Waals surface area (Å²) in [6.07, 6.45) is 7.53. The first kappa shape index (κ1) is 18.5. The number of carbonyl (C=O) groups is 1. The van der Waals surface area contributed by atoms with Crippen LogP contribution < -0.4 is 4.80 Å². The minimum atomic E-state index is -0.248. The first-order valence-electron chi connectivity index (χ1n) is 8.33. The van der Waals surface area contributed by atoms with Crippen molar-refractivity contribution in [2.45, 2.75) is 31.2 Å². The summed E-state index contributed by atoms with van der Waals surface area (Å²) >= 11 is 3.11. The summed E-state index contributed by atoms with van der Waals surface area (Å²) in [5.74, 6) is 2.86. The third-order valence-electron chi connectivity index (χ3n) is 4.14. The number of thiazole rings is 1. The molecular formula is C21H20N2OS2. The van der Waals surface area contributed by atoms with Gasteiger partial charge in [0.2, 0.25) is 0 Å². The monoisotopic (exact) mass is 380 g/mol. The number of fused-ring (bicyclic) bond motifs is 1. The first-order chi connectivity index (χ1) is 12.5. The van der Waals surface area contributed by atoms with Gasteiger partial charge in [0.25, 0.3) is 5.91 Å². The minimum Gasteiger partial charge on any atom is -0.305 e. The number of rotatable bonds is 4. The third-order valence-corrected chi connectivity index (χ3v) is 5.90. The predicted octanol–water partition coefficient (Wildman–Crippen LogP) is 4.92. The van der Waals surface area contributed by atoms with E-state index in [0.717, 1.165) is 15.1 Å². The highest BCUT2D eigenvalue weighted by Gasteiger charge is 2.11. The van der Waals surface area contributed by atoms with Gasteiger partial charge in [-0.1, -0.05) is 43.2 Å². The number of amides is 1. The fourth-order valence-electron chi connectivity index (χ4n) is 2.69. The third kappa shape index (κ3) is 3.77. The number of terminal acetylenes is 1. The lowest BCUT2D eigenvalue weighted by atomic mass is 10.0. The van der Waals surface area contributed by atoms with Crippen LogP contribution in [0, 0.1) is 12.3 Å². The number of carbonyl (C=O) groups excluding carboxylic acids is 1. The van der Waals surface area contributed by atoms with Crippen molar-refractivity contribution in [1.29, 1.82) is 0 Å². The predicted molar refractivity (Wildman–Crippen MR) is 111 cm³/mol. The maximum Gasteiger partial charge on any atom is 0.279 e. The molecule has 3 nitrogen and oxygen atoms in total. The number of hydrogen-bond acceptors (Lipinski definition) is 3. The molecule has 2 aromatic carbocycles. The zero-order valence-electron chi connectivity index (χ0n) is 15.0. The normalized spacial score (nSPS) is 11.9. The number of nitrogens with zero attached hydrogens (tertiary/aromatic N) is 2. The molecule has 0 N–H and O–H groups in total. The molecule has 0 aliphatic heterocycles. The SMILES string of the molecule is C#CCn1c(=NC(=O)c2cccc(SC)c2)sc2cc(C(C)C)ccc21. The van der Waals surface area contributed by atoms with Crippen molar-refractivity contribution >= 4 is 39.2 Å². The van der Waals surface area contributed by atoms with Crippen molar-refractivity contribution in [1.82, 2.24) is 4.57 Å². The van der Waals surface area contributed by atoms with Gasteiger partial charge in [0.05, 0.1) is 16.8 Å². The molecule has 0 unspecified atom stereocenters. The molecule has 0 saturated carbocycles. The highest BCUT2D eigenvalue weighted by atomic mass is 32.2. The Balaban J connectivity index is 2.13. The molecule has 3 rings (SSSR count). The van der Waals surface area contributed by atoms with Gasteiger partial charge in [0, 0.05) is 10.5 Å². The van der Waals surface area contributed by atoms with Crippen molar-refractivity contribution < 1.29 is 4.79 Å². The summed E-state index contributed by atoms with van der Waals surface area (Å²) in [5, 5.41) is 0. The number of benzene rings is 2. The Kier molecular flexibility index (Phi) is 5.65. The standard InChI is InChI=1S/C21H20N2OS2/c1-5-11-23-18-10-9-15(14(2)3)13-19(18)26-21(23)22-20(24)16-7-6-8-17(12-16)25-4/h1,6-10,12-14H,11H2,2-4H3. The molecule has 0 aliphatic rings. The lowest BCUT2D eigenvalue weighted by molar-refractivity contribution is 0.0997. The summed E-state index contributed by atoms with van der Waals surface area (Å²) < 4.78 is 3.02. The zero-order chi connectivity index (χ0) is 18.7. The van der Waals surface area contributed by atoms with E-state index in [-0.39, 0.29) is 5.91 Å². The Morgan fingerprint density at radius 3 is 2.81 bits per heavy atom. The van der Waals surface area contributed by atoms with Gasteiger partial charge in [0.1, 0.15) is 0 Å². The molecule has 1 aromatic heterocycles. The molecule has 0 spiro atoms. The van der Waals surface area contributed by atoms with E-state index in [2.05, 4.69) is 43.0 Å². The molecule has 5 heteroatoms. The molecule has 3 aromatic rings. The molecule has 0 saturated heterocycles. The van der Waals surface area contributed by atoms with Gasteiger partial charge in [-0.2, -0.15) is 4.99 Å². The Bertz CT molecular complexity index is 1070. The van der Waals surface area contributed by atoms with Gasteiger partial charge < -0.3 is 4.57 Å². The van der Waals surface area contributed by atoms with Gasteiger partial charge in [-0.05, 0) is 48.1 Å². The lowest BCUT2D eigenvalue weighted by Gasteiger charge is -2.05. The smallest absolute Gasteiger partial charge is 0.279 e. The topological polar surface area (TPSA) is 34.4 Å². The second-order valence-corrected chi connectivity index (χ2v) is 8.09. The average Bonchev–Trinajstić information content (AvgIpc) is 2.98. The first-order valence-corrected chi connectivity index (χ1v) is 10.4. The van der Waals surface area contributed by atoms with E-state index in [4.69, 9.17) is 6.42 Å². The van der Waals surface area contributed by atoms with Gasteiger partial charge in [-0.3, -0.25) is 4.79 Å². The molecule has 26 heavy (non-hydrogen) atoms. The fourth-order valence-corrected chi connectivity index (χ4v) is 4.22. The molecule has 0 fully saturated rings. The molecule has 0 aliphatic carbocycles. The van der Waals surface area contributed by atoms with Crippen molar-refractivity contribution in [2.75, 3.05) is 6.26 Å². The average molecular weight is 381 g/mol. The van der Waals surface area contributed by atoms with Crippen molar-refractivity contribution in [3.63, 3.8) is 0 Å². The Hall–Kier alpha value is -2.29. The van der Waals surface area contributed by atoms with E-state index in [1.807, 2.05) is 29.0 Å². The van der Waals surface area contributed by atoms with Crippen LogP contribution in [0.3, 0.4) is 0 Å². The molecule has 132 valence electrons. The second kappa shape index (κ2) is 7.94. The van der Waals surface area contributed by atoms with Gasteiger partial charge in [0.15, 0.2) is 4.80 Å². The van der Waals surface area contributed by atoms with Crippen LogP contribution in [0.15, 0.2) is 52.4 Å². The summed E-state index contributed by atoms with van der Waals surface area (Å²) in [4.78, 5) is 18.7. The summed E-state index contributed by atoms with van der Waals surface area (Å²) in [6, 6.07) is 13.9. The Labute approximate surface area is 161 Å². The molecule has 0 atom stereocenters. The summed E-state index contributed by atoms with van der Waals surface area (Å²) in [5.41, 5.74) is 2.86. The molecular weight excluding hydrogens is 360 g/mol. The summed E-state index contributed by atoms with van der Waals surface area (Å²) in [7, 11) is 0. The maximum atomic E-state index is 12.7. The quantitative estimate of drug-likeness (QED) is 0.475. The van der Waals surface area contributed by atoms with Crippen LogP contribution in [0.1, 0.15) is 35.7 Å². The molecule has 0 bridgehead atoms. The highest BCUT2D eigenvalue weighted by molar-refractivity contribution is 7.98. The van der Waals surface area contributed by atoms with Crippen LogP contribution in [-0.4, -0.2) is 16.7 Å². The number of aromatic nitrogens is 1. The van der Waals surface area contributed by atoms with Crippen LogP contribution in [0.2, 0.25) is 0 Å². The van der Waals surface area contributed by atoms with Crippen LogP contribution >= 0.6 is 23.1 Å².